The lowest BCUT2D eigenvalue weighted by Crippen LogP contribution is -2.58. The summed E-state index contributed by atoms with van der Waals surface area (Å²) in [6.45, 7) is 10.3. The predicted octanol–water partition coefficient (Wildman–Crippen LogP) is 9.52. The molecule has 1 amide bonds. The fourth-order valence-electron chi connectivity index (χ4n) is 15.1. The second kappa shape index (κ2) is 23.5. The Morgan fingerprint density at radius 2 is 1.71 bits per heavy atom. The standard InChI is InChI=1S/C65H77N11O10S/c1-42-6-4-5-7-49(42)56-37-65(41-66,34-44-30-57(83-3)60(69-39-44)73-25-28-84-29-26-73)20-24-74(56)47-35-64(36-47)18-22-72(23-19-64)46-8-10-50(53(32-46)75-52-15-27-85-40-58(52)86-62-55(75)31-45-14-21-67-59(45)70-62)61(77)71-87(81,82)48-9-11-51(54(33-48)76(79)80)68-38-43-12-16-63(2,78)17-13-43/h4-11,14,21,30-33,39,43,47,52,56,58,68,78H,12-13,15-20,22-29,34-38,40H2,1-3H3,(H,67,70)(H,71,77)/t43?,52-,56-,58-,63?,65+/m0/s1. The lowest BCUT2D eigenvalue weighted by Gasteiger charge is -2.59. The predicted molar refractivity (Wildman–Crippen MR) is 329 cm³/mol. The van der Waals surface area contributed by atoms with Gasteiger partial charge in [-0.1, -0.05) is 24.3 Å². The highest BCUT2D eigenvalue weighted by molar-refractivity contribution is 7.90. The highest BCUT2D eigenvalue weighted by Crippen LogP contribution is 2.56. The summed E-state index contributed by atoms with van der Waals surface area (Å²) in [5.74, 6) is 1.16. The van der Waals surface area contributed by atoms with Crippen LogP contribution < -0.4 is 34.2 Å². The number of fused-ring (bicyclic) bond motifs is 3. The normalized spacial score (nSPS) is 25.8. The third-order valence-electron chi connectivity index (χ3n) is 20.1. The summed E-state index contributed by atoms with van der Waals surface area (Å²) in [4.78, 5) is 48.6. The molecule has 21 nitrogen and oxygen atoms in total. The number of morpholine rings is 1. The largest absolute Gasteiger partial charge is 0.493 e. The number of nitriles is 1. The number of nitrogens with one attached hydrogen (secondary N) is 3. The Kier molecular flexibility index (Phi) is 15.8. The SMILES string of the molecule is COc1cc(C[C@]2(C#N)CCN(C3CC4(CCN(c5ccc(C(=O)NS(=O)(=O)c6ccc(NCC7CCC(C)(O)CC7)c([N+](=O)[O-])c6)c(N6c7cc8cc[nH]c8nc7O[C@H]7COCC[C@@H]76)c5)CC4)C3)[C@H](c3ccccc3C)C2)cnc1N1CCOCC1. The third-order valence-corrected chi connectivity index (χ3v) is 21.5. The van der Waals surface area contributed by atoms with Crippen molar-refractivity contribution in [3.63, 3.8) is 0 Å². The zero-order chi connectivity index (χ0) is 60.2. The van der Waals surface area contributed by atoms with Crippen LogP contribution in [0.3, 0.4) is 0 Å². The zero-order valence-electron chi connectivity index (χ0n) is 49.7. The van der Waals surface area contributed by atoms with Crippen LogP contribution in [0.2, 0.25) is 0 Å². The number of nitrogens with zero attached hydrogens (tertiary/aromatic N) is 8. The number of hydrogen-bond donors (Lipinski definition) is 4. The Bertz CT molecular complexity index is 3730. The van der Waals surface area contributed by atoms with Crippen molar-refractivity contribution in [2.45, 2.75) is 126 Å². The maximum absolute atomic E-state index is 14.9. The molecule has 0 radical (unpaired) electrons. The first kappa shape index (κ1) is 58.5. The number of likely N-dealkylation sites (tertiary alicyclic amines) is 1. The minimum atomic E-state index is -4.66. The van der Waals surface area contributed by atoms with E-state index in [1.165, 1.54) is 23.3 Å². The number of carbonyl (C=O) groups is 1. The van der Waals surface area contributed by atoms with Crippen LogP contribution in [0.5, 0.6) is 11.6 Å². The van der Waals surface area contributed by atoms with E-state index in [0.29, 0.717) is 87.4 Å². The number of aryl methyl sites for hydroxylation is 1. The first-order chi connectivity index (χ1) is 42.0. The maximum Gasteiger partial charge on any atom is 0.293 e. The summed E-state index contributed by atoms with van der Waals surface area (Å²) in [6, 6.07) is 26.7. The third kappa shape index (κ3) is 11.6. The number of sulfonamides is 1. The van der Waals surface area contributed by atoms with E-state index in [0.717, 1.165) is 112 Å². The van der Waals surface area contributed by atoms with E-state index in [1.807, 2.05) is 37.4 Å². The molecule has 2 aliphatic carbocycles. The van der Waals surface area contributed by atoms with Crippen molar-refractivity contribution in [1.82, 2.24) is 24.6 Å². The number of benzene rings is 3. The molecule has 3 aromatic carbocycles. The summed E-state index contributed by atoms with van der Waals surface area (Å²) in [6.07, 6.45) is 12.6. The first-order valence-corrected chi connectivity index (χ1v) is 32.3. The second-order valence-electron chi connectivity index (χ2n) is 25.7. The minimum absolute atomic E-state index is 0.0665. The zero-order valence-corrected chi connectivity index (χ0v) is 50.5. The minimum Gasteiger partial charge on any atom is -0.493 e. The van der Waals surface area contributed by atoms with Gasteiger partial charge in [-0.05, 0) is 167 Å². The molecule has 4 atom stereocenters. The lowest BCUT2D eigenvalue weighted by atomic mass is 9.59. The second-order valence-corrected chi connectivity index (χ2v) is 27.4. The van der Waals surface area contributed by atoms with Gasteiger partial charge in [-0.2, -0.15) is 10.2 Å². The number of nitro groups is 1. The number of hydrogen-bond acceptors (Lipinski definition) is 18. The molecule has 4 N–H and O–H groups in total. The fraction of sp³-hybridized carbons (Fsp3) is 0.508. The van der Waals surface area contributed by atoms with Gasteiger partial charge in [0.05, 0.1) is 71.1 Å². The van der Waals surface area contributed by atoms with Gasteiger partial charge >= 0.3 is 0 Å². The summed E-state index contributed by atoms with van der Waals surface area (Å²) in [5, 5.41) is 38.0. The number of aromatic amines is 1. The van der Waals surface area contributed by atoms with Crippen LogP contribution in [-0.2, 0) is 25.9 Å². The van der Waals surface area contributed by atoms with E-state index in [9.17, 15) is 33.7 Å². The van der Waals surface area contributed by atoms with Crippen LogP contribution in [0, 0.1) is 45.1 Å². The lowest BCUT2D eigenvalue weighted by molar-refractivity contribution is -0.384. The molecule has 458 valence electrons. The molecule has 5 aliphatic heterocycles. The van der Waals surface area contributed by atoms with Gasteiger partial charge in [0.15, 0.2) is 11.6 Å². The van der Waals surface area contributed by atoms with E-state index < -0.39 is 48.6 Å². The average molecular weight is 1200 g/mol. The Balaban J connectivity index is 0.746. The Labute approximate surface area is 507 Å². The average Bonchev–Trinajstić information content (AvgIpc) is 1.55. The Morgan fingerprint density at radius 3 is 2.47 bits per heavy atom. The summed E-state index contributed by atoms with van der Waals surface area (Å²) in [7, 11) is -2.98. The van der Waals surface area contributed by atoms with Crippen molar-refractivity contribution in [3.05, 3.63) is 124 Å². The topological polar surface area (TPSA) is 254 Å². The van der Waals surface area contributed by atoms with Gasteiger partial charge in [0.1, 0.15) is 23.1 Å². The molecular formula is C65H77N11O10S. The van der Waals surface area contributed by atoms with Crippen LogP contribution >= 0.6 is 0 Å². The molecule has 22 heteroatoms. The molecule has 4 saturated heterocycles. The number of piperidine rings is 2. The van der Waals surface area contributed by atoms with Crippen LogP contribution in [0.4, 0.5) is 34.3 Å². The smallest absolute Gasteiger partial charge is 0.293 e. The highest BCUT2D eigenvalue weighted by atomic mass is 32.2. The van der Waals surface area contributed by atoms with Crippen molar-refractivity contribution < 1.29 is 42.2 Å². The van der Waals surface area contributed by atoms with Crippen LogP contribution in [0.25, 0.3) is 11.0 Å². The number of amides is 1. The molecular weight excluding hydrogens is 1130 g/mol. The molecule has 6 aromatic rings. The van der Waals surface area contributed by atoms with Gasteiger partial charge < -0.3 is 49.1 Å². The number of anilines is 5. The number of nitro benzene ring substituents is 1. The molecule has 1 spiro atoms. The van der Waals surface area contributed by atoms with Crippen LogP contribution in [0.15, 0.2) is 96.2 Å². The number of aromatic nitrogens is 3. The maximum atomic E-state index is 14.9. The van der Waals surface area contributed by atoms with E-state index in [-0.39, 0.29) is 41.3 Å². The number of ether oxygens (including phenoxy) is 4. The van der Waals surface area contributed by atoms with Crippen LogP contribution in [-0.4, -0.2) is 141 Å². The number of aliphatic hydroxyl groups is 1. The van der Waals surface area contributed by atoms with Gasteiger partial charge in [0.25, 0.3) is 21.6 Å². The van der Waals surface area contributed by atoms with Crippen molar-refractivity contribution in [2.24, 2.45) is 16.7 Å². The molecule has 0 unspecified atom stereocenters. The van der Waals surface area contributed by atoms with Crippen molar-refractivity contribution in [2.75, 3.05) is 92.8 Å². The molecule has 7 aliphatic rings. The molecule has 8 heterocycles. The molecule has 13 rings (SSSR count). The Hall–Kier alpha value is -7.55. The number of pyridine rings is 2. The number of H-pyrrole nitrogens is 1. The van der Waals surface area contributed by atoms with E-state index in [4.69, 9.17) is 28.9 Å². The first-order valence-electron chi connectivity index (χ1n) is 30.8. The van der Waals surface area contributed by atoms with Gasteiger partial charge in [0.2, 0.25) is 5.88 Å². The molecule has 3 aromatic heterocycles. The van der Waals surface area contributed by atoms with E-state index in [1.54, 1.807) is 19.4 Å². The molecule has 6 fully saturated rings. The fourth-order valence-corrected chi connectivity index (χ4v) is 16.0. The number of carbonyl (C=O) groups excluding carboxylic acids is 1. The van der Waals surface area contributed by atoms with Gasteiger partial charge in [-0.25, -0.2) is 18.1 Å². The number of methoxy groups -OCH3 is 1. The van der Waals surface area contributed by atoms with Crippen molar-refractivity contribution >= 4 is 61.2 Å². The van der Waals surface area contributed by atoms with Gasteiger partial charge in [-0.15, -0.1) is 0 Å². The highest BCUT2D eigenvalue weighted by Gasteiger charge is 2.52. The Morgan fingerprint density at radius 1 is 0.920 bits per heavy atom. The summed E-state index contributed by atoms with van der Waals surface area (Å²) in [5.41, 5.74) is 4.72. The van der Waals surface area contributed by atoms with E-state index >= 15 is 0 Å². The van der Waals surface area contributed by atoms with Crippen LogP contribution in [0.1, 0.15) is 111 Å². The van der Waals surface area contributed by atoms with Gasteiger partial charge in [-0.3, -0.25) is 19.8 Å². The van der Waals surface area contributed by atoms with Crippen molar-refractivity contribution in [1.29, 1.82) is 5.26 Å². The van der Waals surface area contributed by atoms with Gasteiger partial charge in [0, 0.05) is 87.5 Å². The monoisotopic (exact) mass is 1200 g/mol. The molecule has 87 heavy (non-hydrogen) atoms. The summed E-state index contributed by atoms with van der Waals surface area (Å²) >= 11 is 0. The molecule has 2 saturated carbocycles. The molecule has 0 bridgehead atoms. The quantitative estimate of drug-likeness (QED) is 0.0551. The summed E-state index contributed by atoms with van der Waals surface area (Å²) < 4.78 is 54.9. The van der Waals surface area contributed by atoms with E-state index in [2.05, 4.69) is 77.9 Å². The van der Waals surface area contributed by atoms with Crippen molar-refractivity contribution in [3.8, 4) is 17.7 Å². The number of rotatable bonds is 15.